The molecule has 1 saturated heterocycles. The average Bonchev–Trinajstić information content (AvgIpc) is 2.29. The largest absolute Gasteiger partial charge is 0.371 e. The van der Waals surface area contributed by atoms with Gasteiger partial charge in [0.2, 0.25) is 0 Å². The maximum Gasteiger partial charge on any atom is 0.0426 e. The van der Waals surface area contributed by atoms with Crippen LogP contribution in [0.5, 0.6) is 0 Å². The first-order valence-corrected chi connectivity index (χ1v) is 6.60. The molecule has 1 aliphatic rings. The van der Waals surface area contributed by atoms with Gasteiger partial charge in [0.25, 0.3) is 0 Å². The van der Waals surface area contributed by atoms with Gasteiger partial charge in [-0.1, -0.05) is 31.5 Å². The SMILES string of the molecule is CC(C)c1ccc(Cl)cc1N1CCCCC1. The Labute approximate surface area is 103 Å². The molecule has 88 valence electrons. The van der Waals surface area contributed by atoms with Crippen LogP contribution in [0.3, 0.4) is 0 Å². The van der Waals surface area contributed by atoms with E-state index >= 15 is 0 Å². The second kappa shape index (κ2) is 5.09. The number of piperidine rings is 1. The van der Waals surface area contributed by atoms with Crippen LogP contribution in [-0.4, -0.2) is 13.1 Å². The van der Waals surface area contributed by atoms with E-state index in [1.165, 1.54) is 43.6 Å². The molecule has 1 aromatic rings. The summed E-state index contributed by atoms with van der Waals surface area (Å²) in [4.78, 5) is 2.49. The summed E-state index contributed by atoms with van der Waals surface area (Å²) in [5, 5.41) is 0.852. The summed E-state index contributed by atoms with van der Waals surface area (Å²) in [6.45, 7) is 6.85. The zero-order valence-electron chi connectivity index (χ0n) is 10.2. The summed E-state index contributed by atoms with van der Waals surface area (Å²) in [5.74, 6) is 0.564. The smallest absolute Gasteiger partial charge is 0.0426 e. The molecule has 1 fully saturated rings. The minimum absolute atomic E-state index is 0.564. The van der Waals surface area contributed by atoms with E-state index in [0.29, 0.717) is 5.92 Å². The summed E-state index contributed by atoms with van der Waals surface area (Å²) >= 11 is 6.11. The second-order valence-electron chi connectivity index (χ2n) is 4.91. The number of halogens is 1. The van der Waals surface area contributed by atoms with Crippen molar-refractivity contribution in [1.82, 2.24) is 0 Å². The number of benzene rings is 1. The lowest BCUT2D eigenvalue weighted by atomic mass is 9.99. The van der Waals surface area contributed by atoms with E-state index < -0.39 is 0 Å². The Hall–Kier alpha value is -0.690. The van der Waals surface area contributed by atoms with E-state index in [1.807, 2.05) is 6.07 Å². The van der Waals surface area contributed by atoms with Crippen molar-refractivity contribution in [3.8, 4) is 0 Å². The summed E-state index contributed by atoms with van der Waals surface area (Å²) in [5.41, 5.74) is 2.77. The van der Waals surface area contributed by atoms with Crippen molar-refractivity contribution in [3.05, 3.63) is 28.8 Å². The van der Waals surface area contributed by atoms with Gasteiger partial charge in [-0.2, -0.15) is 0 Å². The van der Waals surface area contributed by atoms with Crippen molar-refractivity contribution >= 4 is 17.3 Å². The van der Waals surface area contributed by atoms with Crippen LogP contribution in [0.15, 0.2) is 18.2 Å². The molecule has 0 N–H and O–H groups in total. The molecule has 0 unspecified atom stereocenters. The quantitative estimate of drug-likeness (QED) is 0.735. The molecule has 0 atom stereocenters. The van der Waals surface area contributed by atoms with Crippen LogP contribution in [0.4, 0.5) is 5.69 Å². The Bertz CT molecular complexity index is 354. The van der Waals surface area contributed by atoms with Crippen LogP contribution < -0.4 is 4.90 Å². The predicted octanol–water partition coefficient (Wildman–Crippen LogP) is 4.45. The highest BCUT2D eigenvalue weighted by Gasteiger charge is 2.16. The molecule has 1 nitrogen and oxygen atoms in total. The molecule has 0 saturated carbocycles. The molecule has 0 aliphatic carbocycles. The fourth-order valence-corrected chi connectivity index (χ4v) is 2.58. The highest BCUT2D eigenvalue weighted by atomic mass is 35.5. The van der Waals surface area contributed by atoms with Gasteiger partial charge in [-0.05, 0) is 42.9 Å². The zero-order valence-corrected chi connectivity index (χ0v) is 10.9. The van der Waals surface area contributed by atoms with Gasteiger partial charge in [-0.15, -0.1) is 0 Å². The molecule has 0 radical (unpaired) electrons. The number of hydrogen-bond donors (Lipinski definition) is 0. The molecule has 0 bridgehead atoms. The molecule has 0 spiro atoms. The van der Waals surface area contributed by atoms with E-state index in [2.05, 4.69) is 30.9 Å². The highest BCUT2D eigenvalue weighted by molar-refractivity contribution is 6.30. The van der Waals surface area contributed by atoms with E-state index in [9.17, 15) is 0 Å². The third-order valence-electron chi connectivity index (χ3n) is 3.31. The molecule has 0 amide bonds. The van der Waals surface area contributed by atoms with Crippen LogP contribution in [0.25, 0.3) is 0 Å². The molecule has 2 heteroatoms. The fourth-order valence-electron chi connectivity index (χ4n) is 2.41. The molecule has 1 aliphatic heterocycles. The summed E-state index contributed by atoms with van der Waals surface area (Å²) < 4.78 is 0. The van der Waals surface area contributed by atoms with Gasteiger partial charge in [-0.25, -0.2) is 0 Å². The minimum Gasteiger partial charge on any atom is -0.371 e. The lowest BCUT2D eigenvalue weighted by Crippen LogP contribution is -2.30. The van der Waals surface area contributed by atoms with Gasteiger partial charge in [0, 0.05) is 23.8 Å². The molecule has 16 heavy (non-hydrogen) atoms. The van der Waals surface area contributed by atoms with Crippen molar-refractivity contribution in [2.75, 3.05) is 18.0 Å². The van der Waals surface area contributed by atoms with Crippen molar-refractivity contribution in [2.45, 2.75) is 39.0 Å². The number of nitrogens with zero attached hydrogens (tertiary/aromatic N) is 1. The lowest BCUT2D eigenvalue weighted by molar-refractivity contribution is 0.575. The third kappa shape index (κ3) is 2.52. The third-order valence-corrected chi connectivity index (χ3v) is 3.55. The van der Waals surface area contributed by atoms with E-state index in [4.69, 9.17) is 11.6 Å². The first kappa shape index (κ1) is 11.8. The first-order chi connectivity index (χ1) is 7.68. The van der Waals surface area contributed by atoms with E-state index in [-0.39, 0.29) is 0 Å². The fraction of sp³-hybridized carbons (Fsp3) is 0.571. The topological polar surface area (TPSA) is 3.24 Å². The molecule has 0 aromatic heterocycles. The summed E-state index contributed by atoms with van der Waals surface area (Å²) in [7, 11) is 0. The number of rotatable bonds is 2. The zero-order chi connectivity index (χ0) is 11.5. The number of hydrogen-bond acceptors (Lipinski definition) is 1. The van der Waals surface area contributed by atoms with Crippen LogP contribution in [0.2, 0.25) is 5.02 Å². The van der Waals surface area contributed by atoms with Crippen LogP contribution in [0, 0.1) is 0 Å². The van der Waals surface area contributed by atoms with Gasteiger partial charge in [-0.3, -0.25) is 0 Å². The van der Waals surface area contributed by atoms with Crippen molar-refractivity contribution in [1.29, 1.82) is 0 Å². The van der Waals surface area contributed by atoms with E-state index in [0.717, 1.165) is 5.02 Å². The minimum atomic E-state index is 0.564. The normalized spacial score (nSPS) is 16.9. The van der Waals surface area contributed by atoms with E-state index in [1.54, 1.807) is 0 Å². The maximum atomic E-state index is 6.11. The van der Waals surface area contributed by atoms with Crippen LogP contribution in [-0.2, 0) is 0 Å². The van der Waals surface area contributed by atoms with Gasteiger partial charge < -0.3 is 4.90 Å². The second-order valence-corrected chi connectivity index (χ2v) is 5.34. The Balaban J connectivity index is 2.32. The average molecular weight is 238 g/mol. The van der Waals surface area contributed by atoms with Crippen LogP contribution in [0.1, 0.15) is 44.6 Å². The van der Waals surface area contributed by atoms with Gasteiger partial charge in [0.1, 0.15) is 0 Å². The Morgan fingerprint density at radius 1 is 1.12 bits per heavy atom. The number of anilines is 1. The standard InChI is InChI=1S/C14H20ClN/c1-11(2)13-7-6-12(15)10-14(13)16-8-4-3-5-9-16/h6-7,10-11H,3-5,8-9H2,1-2H3. The molecule has 1 heterocycles. The molecule has 1 aromatic carbocycles. The Morgan fingerprint density at radius 2 is 1.81 bits per heavy atom. The molecular formula is C14H20ClN. The Morgan fingerprint density at radius 3 is 2.44 bits per heavy atom. The Kier molecular flexibility index (Phi) is 3.75. The van der Waals surface area contributed by atoms with Crippen molar-refractivity contribution < 1.29 is 0 Å². The monoisotopic (exact) mass is 237 g/mol. The summed E-state index contributed by atoms with van der Waals surface area (Å²) in [6.07, 6.45) is 3.99. The maximum absolute atomic E-state index is 6.11. The predicted molar refractivity (Wildman–Crippen MR) is 71.6 cm³/mol. The first-order valence-electron chi connectivity index (χ1n) is 6.23. The summed E-state index contributed by atoms with van der Waals surface area (Å²) in [6, 6.07) is 6.31. The van der Waals surface area contributed by atoms with Gasteiger partial charge in [0.15, 0.2) is 0 Å². The van der Waals surface area contributed by atoms with Crippen LogP contribution >= 0.6 is 11.6 Å². The highest BCUT2D eigenvalue weighted by Crippen LogP contribution is 2.32. The van der Waals surface area contributed by atoms with Gasteiger partial charge in [0.05, 0.1) is 0 Å². The van der Waals surface area contributed by atoms with Gasteiger partial charge >= 0.3 is 0 Å². The van der Waals surface area contributed by atoms with Crippen molar-refractivity contribution in [3.63, 3.8) is 0 Å². The lowest BCUT2D eigenvalue weighted by Gasteiger charge is -2.31. The molecule has 2 rings (SSSR count). The molecular weight excluding hydrogens is 218 g/mol. The van der Waals surface area contributed by atoms with Crippen molar-refractivity contribution in [2.24, 2.45) is 0 Å².